The number of aliphatic imine (C=N–C) groups is 1. The molecule has 24 heavy (non-hydrogen) atoms. The SMILES string of the molecule is CN(C)/C=N\c1cc2c(Br)cn(S(=O)(=O)c3ccccc3)c2cn1. The van der Waals surface area contributed by atoms with Crippen LogP contribution in [0.2, 0.25) is 0 Å². The summed E-state index contributed by atoms with van der Waals surface area (Å²) in [4.78, 5) is 10.5. The molecule has 2 heterocycles. The molecule has 124 valence electrons. The number of rotatable bonds is 4. The van der Waals surface area contributed by atoms with Gasteiger partial charge in [0.2, 0.25) is 0 Å². The molecule has 0 bridgehead atoms. The Morgan fingerprint density at radius 3 is 2.62 bits per heavy atom. The number of pyridine rings is 1. The second-order valence-electron chi connectivity index (χ2n) is 5.36. The molecular weight excluding hydrogens is 392 g/mol. The first-order valence-corrected chi connectivity index (χ1v) is 9.31. The number of benzene rings is 1. The van der Waals surface area contributed by atoms with Crippen molar-refractivity contribution in [2.45, 2.75) is 4.90 Å². The molecular formula is C16H15BrN4O2S. The Balaban J connectivity index is 2.14. The lowest BCUT2D eigenvalue weighted by molar-refractivity contribution is 0.589. The highest BCUT2D eigenvalue weighted by Gasteiger charge is 2.20. The van der Waals surface area contributed by atoms with Gasteiger partial charge in [0.05, 0.1) is 22.9 Å². The molecule has 0 amide bonds. The van der Waals surface area contributed by atoms with Crippen LogP contribution in [0, 0.1) is 0 Å². The second kappa shape index (κ2) is 6.37. The van der Waals surface area contributed by atoms with Crippen LogP contribution in [0.15, 0.2) is 63.2 Å². The fourth-order valence-corrected chi connectivity index (χ4v) is 4.23. The zero-order valence-electron chi connectivity index (χ0n) is 13.1. The number of hydrogen-bond donors (Lipinski definition) is 0. The van der Waals surface area contributed by atoms with Crippen LogP contribution in [-0.2, 0) is 10.0 Å². The fraction of sp³-hybridized carbons (Fsp3) is 0.125. The molecule has 0 atom stereocenters. The Kier molecular flexibility index (Phi) is 4.42. The highest BCUT2D eigenvalue weighted by Crippen LogP contribution is 2.31. The Hall–Kier alpha value is -2.19. The third-order valence-electron chi connectivity index (χ3n) is 3.31. The number of hydrogen-bond acceptors (Lipinski definition) is 4. The van der Waals surface area contributed by atoms with Crippen LogP contribution in [0.1, 0.15) is 0 Å². The van der Waals surface area contributed by atoms with Gasteiger partial charge in [-0.05, 0) is 34.1 Å². The lowest BCUT2D eigenvalue weighted by Gasteiger charge is -2.07. The largest absolute Gasteiger partial charge is 0.369 e. The van der Waals surface area contributed by atoms with E-state index >= 15 is 0 Å². The van der Waals surface area contributed by atoms with Crippen LogP contribution < -0.4 is 0 Å². The minimum absolute atomic E-state index is 0.226. The number of halogens is 1. The molecule has 0 aliphatic carbocycles. The van der Waals surface area contributed by atoms with Crippen LogP contribution in [0.4, 0.5) is 5.82 Å². The van der Waals surface area contributed by atoms with Crippen molar-refractivity contribution in [3.63, 3.8) is 0 Å². The predicted octanol–water partition coefficient (Wildman–Crippen LogP) is 3.26. The van der Waals surface area contributed by atoms with Crippen molar-refractivity contribution in [1.82, 2.24) is 13.9 Å². The minimum Gasteiger partial charge on any atom is -0.369 e. The topological polar surface area (TPSA) is 67.6 Å². The third kappa shape index (κ3) is 3.07. The van der Waals surface area contributed by atoms with Crippen LogP contribution >= 0.6 is 15.9 Å². The first-order chi connectivity index (χ1) is 11.4. The summed E-state index contributed by atoms with van der Waals surface area (Å²) in [6.45, 7) is 0. The van der Waals surface area contributed by atoms with E-state index in [9.17, 15) is 8.42 Å². The molecule has 8 heteroatoms. The van der Waals surface area contributed by atoms with Crippen LogP contribution in [0.3, 0.4) is 0 Å². The standard InChI is InChI=1S/C16H15BrN4O2S/c1-20(2)11-19-16-8-13-14(17)10-21(15(13)9-18-16)24(22,23)12-6-4-3-5-7-12/h3-11H,1-2H3/b19-11-. The quantitative estimate of drug-likeness (QED) is 0.492. The summed E-state index contributed by atoms with van der Waals surface area (Å²) < 4.78 is 27.6. The molecule has 0 fully saturated rings. The molecule has 0 N–H and O–H groups in total. The van der Waals surface area contributed by atoms with Crippen LogP contribution in [-0.4, -0.2) is 42.7 Å². The Morgan fingerprint density at radius 2 is 1.96 bits per heavy atom. The van der Waals surface area contributed by atoms with Gasteiger partial charge < -0.3 is 4.90 Å². The van der Waals surface area contributed by atoms with Gasteiger partial charge in [0, 0.05) is 30.2 Å². The van der Waals surface area contributed by atoms with E-state index in [1.54, 1.807) is 47.6 Å². The van der Waals surface area contributed by atoms with Gasteiger partial charge in [-0.25, -0.2) is 22.4 Å². The summed E-state index contributed by atoms with van der Waals surface area (Å²) in [6.07, 6.45) is 4.69. The molecule has 1 aromatic carbocycles. The molecule has 0 spiro atoms. The molecule has 2 aromatic heterocycles. The number of fused-ring (bicyclic) bond motifs is 1. The van der Waals surface area contributed by atoms with E-state index in [1.807, 2.05) is 14.1 Å². The predicted molar refractivity (Wildman–Crippen MR) is 98.3 cm³/mol. The van der Waals surface area contributed by atoms with Crippen molar-refractivity contribution < 1.29 is 8.42 Å². The van der Waals surface area contributed by atoms with Gasteiger partial charge in [0.15, 0.2) is 5.82 Å². The van der Waals surface area contributed by atoms with Crippen LogP contribution in [0.25, 0.3) is 10.9 Å². The van der Waals surface area contributed by atoms with E-state index in [2.05, 4.69) is 25.9 Å². The molecule has 0 radical (unpaired) electrons. The lowest BCUT2D eigenvalue weighted by atomic mass is 10.3. The molecule has 3 rings (SSSR count). The van der Waals surface area contributed by atoms with Gasteiger partial charge >= 0.3 is 0 Å². The number of aromatic nitrogens is 2. The van der Waals surface area contributed by atoms with Gasteiger partial charge in [0.25, 0.3) is 10.0 Å². The summed E-state index contributed by atoms with van der Waals surface area (Å²) in [6, 6.07) is 10.0. The van der Waals surface area contributed by atoms with Gasteiger partial charge in [-0.3, -0.25) is 0 Å². The van der Waals surface area contributed by atoms with Gasteiger partial charge in [-0.1, -0.05) is 18.2 Å². The molecule has 0 aliphatic rings. The average molecular weight is 407 g/mol. The maximum atomic E-state index is 12.8. The van der Waals surface area contributed by atoms with Crippen molar-refractivity contribution >= 4 is 49.0 Å². The zero-order valence-corrected chi connectivity index (χ0v) is 15.5. The highest BCUT2D eigenvalue weighted by atomic mass is 79.9. The molecule has 0 unspecified atom stereocenters. The summed E-state index contributed by atoms with van der Waals surface area (Å²) in [5.74, 6) is 0.506. The first kappa shape index (κ1) is 16.7. The monoisotopic (exact) mass is 406 g/mol. The summed E-state index contributed by atoms with van der Waals surface area (Å²) in [7, 11) is 0.0406. The van der Waals surface area contributed by atoms with Crippen molar-refractivity contribution in [2.24, 2.45) is 4.99 Å². The Labute approximate surface area is 148 Å². The summed E-state index contributed by atoms with van der Waals surface area (Å²) in [5, 5.41) is 0.732. The molecule has 0 saturated heterocycles. The summed E-state index contributed by atoms with van der Waals surface area (Å²) >= 11 is 3.42. The van der Waals surface area contributed by atoms with E-state index in [1.165, 1.54) is 16.4 Å². The third-order valence-corrected chi connectivity index (χ3v) is 5.63. The van der Waals surface area contributed by atoms with Crippen molar-refractivity contribution in [3.05, 3.63) is 53.3 Å². The molecule has 0 aliphatic heterocycles. The molecule has 0 saturated carbocycles. The van der Waals surface area contributed by atoms with Gasteiger partial charge in [-0.15, -0.1) is 0 Å². The van der Waals surface area contributed by atoms with Crippen molar-refractivity contribution in [3.8, 4) is 0 Å². The average Bonchev–Trinajstić information content (AvgIpc) is 2.91. The maximum absolute atomic E-state index is 12.8. The Bertz CT molecular complexity index is 1010. The van der Waals surface area contributed by atoms with Crippen LogP contribution in [0.5, 0.6) is 0 Å². The van der Waals surface area contributed by atoms with E-state index in [-0.39, 0.29) is 4.90 Å². The van der Waals surface area contributed by atoms with E-state index < -0.39 is 10.0 Å². The highest BCUT2D eigenvalue weighted by molar-refractivity contribution is 9.10. The zero-order chi connectivity index (χ0) is 17.3. The Morgan fingerprint density at radius 1 is 1.25 bits per heavy atom. The molecule has 6 nitrogen and oxygen atoms in total. The van der Waals surface area contributed by atoms with E-state index in [0.717, 1.165) is 5.39 Å². The number of nitrogens with zero attached hydrogens (tertiary/aromatic N) is 4. The summed E-state index contributed by atoms with van der Waals surface area (Å²) in [5.41, 5.74) is 0.495. The maximum Gasteiger partial charge on any atom is 0.268 e. The smallest absolute Gasteiger partial charge is 0.268 e. The minimum atomic E-state index is -3.68. The normalized spacial score (nSPS) is 12.1. The van der Waals surface area contributed by atoms with Crippen molar-refractivity contribution in [1.29, 1.82) is 0 Å². The fourth-order valence-electron chi connectivity index (χ4n) is 2.20. The van der Waals surface area contributed by atoms with Gasteiger partial charge in [-0.2, -0.15) is 0 Å². The molecule has 3 aromatic rings. The first-order valence-electron chi connectivity index (χ1n) is 7.07. The van der Waals surface area contributed by atoms with Crippen molar-refractivity contribution in [2.75, 3.05) is 14.1 Å². The lowest BCUT2D eigenvalue weighted by Crippen LogP contribution is -2.11. The van der Waals surface area contributed by atoms with Gasteiger partial charge in [0.1, 0.15) is 0 Å². The van der Waals surface area contributed by atoms with E-state index in [0.29, 0.717) is 15.8 Å². The van der Waals surface area contributed by atoms with E-state index in [4.69, 9.17) is 0 Å². The second-order valence-corrected chi connectivity index (χ2v) is 8.03.